The Balaban J connectivity index is 1.78. The lowest BCUT2D eigenvalue weighted by molar-refractivity contribution is 0.155. The molecule has 2 saturated heterocycles. The molecule has 2 heterocycles. The van der Waals surface area contributed by atoms with E-state index in [-0.39, 0.29) is 0 Å². The number of nitrogens with one attached hydrogen (secondary N) is 4. The van der Waals surface area contributed by atoms with Gasteiger partial charge in [-0.05, 0) is 50.6 Å². The first-order valence-electron chi connectivity index (χ1n) is 7.83. The van der Waals surface area contributed by atoms with Crippen molar-refractivity contribution in [1.29, 1.82) is 0 Å². The van der Waals surface area contributed by atoms with E-state index in [1.54, 1.807) is 0 Å². The number of rotatable bonds is 5. The highest BCUT2D eigenvalue weighted by Gasteiger charge is 2.26. The number of hydrogen-bond acceptors (Lipinski definition) is 4. The van der Waals surface area contributed by atoms with E-state index >= 15 is 0 Å². The zero-order chi connectivity index (χ0) is 12.8. The molecule has 4 nitrogen and oxygen atoms in total. The van der Waals surface area contributed by atoms with Crippen molar-refractivity contribution in [3.05, 3.63) is 0 Å². The molecule has 4 unspecified atom stereocenters. The Labute approximate surface area is 112 Å². The monoisotopic (exact) mass is 254 g/mol. The summed E-state index contributed by atoms with van der Waals surface area (Å²) in [4.78, 5) is 0. The maximum absolute atomic E-state index is 3.59. The van der Waals surface area contributed by atoms with Gasteiger partial charge in [0.1, 0.15) is 0 Å². The van der Waals surface area contributed by atoms with Gasteiger partial charge in [0.2, 0.25) is 0 Å². The fourth-order valence-corrected chi connectivity index (χ4v) is 3.31. The second-order valence-electron chi connectivity index (χ2n) is 5.77. The van der Waals surface area contributed by atoms with Crippen LogP contribution in [0.15, 0.2) is 0 Å². The molecular formula is C14H30N4. The third-order valence-corrected chi connectivity index (χ3v) is 4.62. The first-order chi connectivity index (χ1) is 8.85. The van der Waals surface area contributed by atoms with Crippen molar-refractivity contribution in [3.8, 4) is 0 Å². The van der Waals surface area contributed by atoms with Gasteiger partial charge in [-0.25, -0.2) is 10.9 Å². The van der Waals surface area contributed by atoms with Gasteiger partial charge in [0, 0.05) is 0 Å². The second kappa shape index (κ2) is 7.43. The summed E-state index contributed by atoms with van der Waals surface area (Å²) in [5.74, 6) is 1.52. The average Bonchev–Trinajstić information content (AvgIpc) is 2.45. The van der Waals surface area contributed by atoms with Gasteiger partial charge in [0.15, 0.2) is 0 Å². The van der Waals surface area contributed by atoms with Crippen LogP contribution in [0, 0.1) is 11.8 Å². The molecule has 0 radical (unpaired) electrons. The Kier molecular flexibility index (Phi) is 5.89. The second-order valence-corrected chi connectivity index (χ2v) is 5.77. The van der Waals surface area contributed by atoms with E-state index in [4.69, 9.17) is 0 Å². The zero-order valence-electron chi connectivity index (χ0n) is 12.0. The molecule has 4 N–H and O–H groups in total. The summed E-state index contributed by atoms with van der Waals surface area (Å²) < 4.78 is 0. The highest BCUT2D eigenvalue weighted by Crippen LogP contribution is 2.19. The van der Waals surface area contributed by atoms with Crippen LogP contribution in [0.4, 0.5) is 0 Å². The van der Waals surface area contributed by atoms with Crippen molar-refractivity contribution in [2.45, 2.75) is 64.7 Å². The Bertz CT molecular complexity index is 210. The summed E-state index contributed by atoms with van der Waals surface area (Å²) in [5.41, 5.74) is 7.07. The molecule has 18 heavy (non-hydrogen) atoms. The average molecular weight is 254 g/mol. The van der Waals surface area contributed by atoms with Gasteiger partial charge >= 0.3 is 0 Å². The summed E-state index contributed by atoms with van der Waals surface area (Å²) in [6.07, 6.45) is 8.70. The normalized spacial score (nSPS) is 37.7. The third kappa shape index (κ3) is 3.67. The van der Waals surface area contributed by atoms with E-state index in [0.717, 1.165) is 24.9 Å². The standard InChI is InChI=1S/C14H30N4/c1-3-11-7-5-9-15-13(11)17-18-14-12(4-2)8-6-10-16-14/h11-18H,3-10H2,1-2H3. The summed E-state index contributed by atoms with van der Waals surface area (Å²) in [5, 5.41) is 7.18. The fourth-order valence-electron chi connectivity index (χ4n) is 3.31. The van der Waals surface area contributed by atoms with E-state index < -0.39 is 0 Å². The molecule has 0 aromatic carbocycles. The van der Waals surface area contributed by atoms with Gasteiger partial charge in [-0.1, -0.05) is 26.7 Å². The van der Waals surface area contributed by atoms with E-state index in [9.17, 15) is 0 Å². The lowest BCUT2D eigenvalue weighted by atomic mass is 9.93. The van der Waals surface area contributed by atoms with Crippen LogP contribution in [-0.2, 0) is 0 Å². The van der Waals surface area contributed by atoms with Crippen molar-refractivity contribution in [2.24, 2.45) is 11.8 Å². The van der Waals surface area contributed by atoms with Crippen LogP contribution in [0.1, 0.15) is 52.4 Å². The summed E-state index contributed by atoms with van der Waals surface area (Å²) in [7, 11) is 0. The Morgan fingerprint density at radius 1 is 0.833 bits per heavy atom. The highest BCUT2D eigenvalue weighted by molar-refractivity contribution is 4.81. The molecule has 2 aliphatic rings. The van der Waals surface area contributed by atoms with Gasteiger partial charge in [-0.15, -0.1) is 0 Å². The molecule has 0 spiro atoms. The first kappa shape index (κ1) is 14.3. The molecule has 2 aliphatic heterocycles. The lowest BCUT2D eigenvalue weighted by Crippen LogP contribution is -2.62. The maximum Gasteiger partial charge on any atom is 0.0733 e. The summed E-state index contributed by atoms with van der Waals surface area (Å²) >= 11 is 0. The van der Waals surface area contributed by atoms with Crippen LogP contribution in [-0.4, -0.2) is 25.4 Å². The van der Waals surface area contributed by atoms with Gasteiger partial charge in [-0.2, -0.15) is 0 Å². The molecular weight excluding hydrogens is 224 g/mol. The minimum Gasteiger partial charge on any atom is -0.301 e. The van der Waals surface area contributed by atoms with Crippen molar-refractivity contribution < 1.29 is 0 Å². The topological polar surface area (TPSA) is 48.1 Å². The smallest absolute Gasteiger partial charge is 0.0733 e. The maximum atomic E-state index is 3.59. The zero-order valence-corrected chi connectivity index (χ0v) is 12.0. The molecule has 0 aromatic heterocycles. The molecule has 4 atom stereocenters. The van der Waals surface area contributed by atoms with Crippen molar-refractivity contribution in [1.82, 2.24) is 21.5 Å². The van der Waals surface area contributed by atoms with Crippen LogP contribution >= 0.6 is 0 Å². The quantitative estimate of drug-likeness (QED) is 0.562. The van der Waals surface area contributed by atoms with Gasteiger partial charge in [0.25, 0.3) is 0 Å². The number of hydrazine groups is 1. The van der Waals surface area contributed by atoms with Gasteiger partial charge in [-0.3, -0.25) is 0 Å². The van der Waals surface area contributed by atoms with E-state index in [0.29, 0.717) is 12.3 Å². The van der Waals surface area contributed by atoms with E-state index in [1.165, 1.54) is 38.5 Å². The summed E-state index contributed by atoms with van der Waals surface area (Å²) in [6.45, 7) is 6.87. The Morgan fingerprint density at radius 2 is 1.28 bits per heavy atom. The first-order valence-corrected chi connectivity index (χ1v) is 7.83. The molecule has 0 amide bonds. The van der Waals surface area contributed by atoms with E-state index in [2.05, 4.69) is 35.3 Å². The molecule has 0 bridgehead atoms. The SMILES string of the molecule is CCC1CCCNC1NNC1NCCCC1CC. The van der Waals surface area contributed by atoms with Gasteiger partial charge < -0.3 is 10.6 Å². The molecule has 0 aromatic rings. The lowest BCUT2D eigenvalue weighted by Gasteiger charge is -2.37. The predicted octanol–water partition coefficient (Wildman–Crippen LogP) is 1.55. The van der Waals surface area contributed by atoms with Gasteiger partial charge in [0.05, 0.1) is 12.3 Å². The Hall–Kier alpha value is -0.160. The minimum absolute atomic E-state index is 0.435. The van der Waals surface area contributed by atoms with Crippen LogP contribution < -0.4 is 21.5 Å². The van der Waals surface area contributed by atoms with E-state index in [1.807, 2.05) is 0 Å². The minimum atomic E-state index is 0.435. The van der Waals surface area contributed by atoms with Crippen molar-refractivity contribution >= 4 is 0 Å². The molecule has 2 fully saturated rings. The van der Waals surface area contributed by atoms with Crippen LogP contribution in [0.25, 0.3) is 0 Å². The molecule has 0 aliphatic carbocycles. The molecule has 0 saturated carbocycles. The number of hydrogen-bond donors (Lipinski definition) is 4. The Morgan fingerprint density at radius 3 is 1.67 bits per heavy atom. The van der Waals surface area contributed by atoms with Crippen LogP contribution in [0.2, 0.25) is 0 Å². The largest absolute Gasteiger partial charge is 0.301 e. The highest BCUT2D eigenvalue weighted by atomic mass is 15.5. The van der Waals surface area contributed by atoms with Crippen molar-refractivity contribution in [2.75, 3.05) is 13.1 Å². The predicted molar refractivity (Wildman–Crippen MR) is 75.9 cm³/mol. The fraction of sp³-hybridized carbons (Fsp3) is 1.00. The number of piperidine rings is 2. The van der Waals surface area contributed by atoms with Crippen LogP contribution in [0.3, 0.4) is 0 Å². The van der Waals surface area contributed by atoms with Crippen molar-refractivity contribution in [3.63, 3.8) is 0 Å². The molecule has 106 valence electrons. The third-order valence-electron chi connectivity index (χ3n) is 4.62. The summed E-state index contributed by atoms with van der Waals surface area (Å²) in [6, 6.07) is 0. The molecule has 2 rings (SSSR count). The molecule has 4 heteroatoms. The van der Waals surface area contributed by atoms with Crippen LogP contribution in [0.5, 0.6) is 0 Å².